The van der Waals surface area contributed by atoms with Crippen molar-refractivity contribution in [2.24, 2.45) is 10.9 Å². The molecule has 2 N–H and O–H groups in total. The van der Waals surface area contributed by atoms with E-state index in [0.717, 1.165) is 4.47 Å². The zero-order valence-corrected chi connectivity index (χ0v) is 13.9. The lowest BCUT2D eigenvalue weighted by Gasteiger charge is -2.44. The number of carbonyl (C=O) groups is 1. The van der Waals surface area contributed by atoms with Crippen molar-refractivity contribution in [3.63, 3.8) is 0 Å². The molecule has 0 spiro atoms. The fourth-order valence-corrected chi connectivity index (χ4v) is 4.40. The topological polar surface area (TPSA) is 70.9 Å². The highest BCUT2D eigenvalue weighted by Crippen LogP contribution is 2.46. The van der Waals surface area contributed by atoms with Crippen molar-refractivity contribution in [1.29, 1.82) is 0 Å². The highest BCUT2D eigenvalue weighted by molar-refractivity contribution is 9.10. The van der Waals surface area contributed by atoms with Crippen LogP contribution in [0.25, 0.3) is 0 Å². The molecule has 8 heteroatoms. The predicted molar refractivity (Wildman–Crippen MR) is 85.8 cm³/mol. The molecule has 2 atom stereocenters. The monoisotopic (exact) mass is 388 g/mol. The van der Waals surface area contributed by atoms with Crippen molar-refractivity contribution >= 4 is 39.0 Å². The van der Waals surface area contributed by atoms with Gasteiger partial charge in [0.15, 0.2) is 5.17 Å². The Kier molecular flexibility index (Phi) is 4.42. The van der Waals surface area contributed by atoms with Crippen LogP contribution in [0.1, 0.15) is 12.0 Å². The van der Waals surface area contributed by atoms with E-state index in [1.807, 2.05) is 0 Å². The summed E-state index contributed by atoms with van der Waals surface area (Å²) in [4.78, 5) is 15.5. The summed E-state index contributed by atoms with van der Waals surface area (Å²) in [6.45, 7) is 0.958. The molecule has 5 nitrogen and oxygen atoms in total. The number of benzene rings is 1. The van der Waals surface area contributed by atoms with Crippen LogP contribution in [0.4, 0.5) is 9.18 Å². The summed E-state index contributed by atoms with van der Waals surface area (Å²) in [6, 6.07) is 4.77. The zero-order valence-electron chi connectivity index (χ0n) is 11.5. The number of nitrogens with zero attached hydrogens (tertiary/aromatic N) is 1. The molecule has 22 heavy (non-hydrogen) atoms. The molecule has 1 aromatic rings. The van der Waals surface area contributed by atoms with Crippen molar-refractivity contribution in [3.8, 4) is 0 Å². The first-order valence-electron chi connectivity index (χ1n) is 6.77. The first kappa shape index (κ1) is 15.8. The Morgan fingerprint density at radius 1 is 1.59 bits per heavy atom. The first-order chi connectivity index (χ1) is 10.5. The zero-order chi connectivity index (χ0) is 15.7. The molecular formula is C14H14BrFN2O3S. The molecule has 1 saturated heterocycles. The third-order valence-electron chi connectivity index (χ3n) is 3.95. The van der Waals surface area contributed by atoms with Gasteiger partial charge in [0.1, 0.15) is 5.82 Å². The second-order valence-electron chi connectivity index (χ2n) is 5.23. The molecule has 0 saturated carbocycles. The summed E-state index contributed by atoms with van der Waals surface area (Å²) in [5.41, 5.74) is -0.296. The maximum atomic E-state index is 14.4. The standard InChI is InChI=1S/C14H14BrFN2O3S/c15-9-1-2-11(16)10(5-9)14-3-4-21-6-8(14)7-22-12(18-14)17-13(19)20/h1-2,5,8H,3-4,6-7H2,(H,17,18)(H,19,20). The number of fused-ring (bicyclic) bond motifs is 1. The largest absolute Gasteiger partial charge is 0.465 e. The summed E-state index contributed by atoms with van der Waals surface area (Å²) >= 11 is 4.69. The Morgan fingerprint density at radius 3 is 3.18 bits per heavy atom. The number of halogens is 2. The second-order valence-corrected chi connectivity index (χ2v) is 7.15. The lowest BCUT2D eigenvalue weighted by Crippen LogP contribution is -2.48. The molecule has 2 aliphatic rings. The summed E-state index contributed by atoms with van der Waals surface area (Å²) in [6.07, 6.45) is -0.641. The van der Waals surface area contributed by atoms with Gasteiger partial charge < -0.3 is 9.84 Å². The van der Waals surface area contributed by atoms with Gasteiger partial charge in [-0.25, -0.2) is 9.18 Å². The van der Waals surface area contributed by atoms with E-state index in [-0.39, 0.29) is 11.7 Å². The molecule has 1 amide bonds. The molecule has 1 aromatic carbocycles. The van der Waals surface area contributed by atoms with E-state index < -0.39 is 11.6 Å². The maximum Gasteiger partial charge on any atom is 0.410 e. The van der Waals surface area contributed by atoms with E-state index in [4.69, 9.17) is 9.84 Å². The normalized spacial score (nSPS) is 27.7. The molecule has 118 valence electrons. The fraction of sp³-hybridized carbons (Fsp3) is 0.429. The van der Waals surface area contributed by atoms with Crippen LogP contribution in [0, 0.1) is 11.7 Å². The lowest BCUT2D eigenvalue weighted by atomic mass is 9.75. The van der Waals surface area contributed by atoms with Gasteiger partial charge >= 0.3 is 6.09 Å². The van der Waals surface area contributed by atoms with Gasteiger partial charge in [-0.15, -0.1) is 0 Å². The number of thioether (sulfide) groups is 1. The van der Waals surface area contributed by atoms with Gasteiger partial charge in [-0.05, 0) is 18.2 Å². The highest BCUT2D eigenvalue weighted by atomic mass is 79.9. The van der Waals surface area contributed by atoms with Crippen molar-refractivity contribution in [2.45, 2.75) is 12.0 Å². The summed E-state index contributed by atoms with van der Waals surface area (Å²) in [5.74, 6) is 0.306. The number of nitrogens with one attached hydrogen (secondary N) is 1. The molecule has 2 aliphatic heterocycles. The van der Waals surface area contributed by atoms with Crippen molar-refractivity contribution in [2.75, 3.05) is 19.0 Å². The van der Waals surface area contributed by atoms with E-state index >= 15 is 0 Å². The van der Waals surface area contributed by atoms with Gasteiger partial charge in [0.2, 0.25) is 0 Å². The van der Waals surface area contributed by atoms with Gasteiger partial charge in [-0.2, -0.15) is 0 Å². The van der Waals surface area contributed by atoms with Gasteiger partial charge in [-0.1, -0.05) is 27.7 Å². The number of hydrogen-bond acceptors (Lipinski definition) is 4. The average molecular weight is 389 g/mol. The molecular weight excluding hydrogens is 375 g/mol. The molecule has 0 aromatic heterocycles. The summed E-state index contributed by atoms with van der Waals surface area (Å²) < 4.78 is 20.7. The molecule has 2 unspecified atom stereocenters. The average Bonchev–Trinajstić information content (AvgIpc) is 2.48. The van der Waals surface area contributed by atoms with Crippen LogP contribution in [-0.2, 0) is 10.3 Å². The Bertz CT molecular complexity index is 643. The SMILES string of the molecule is O=C(O)NC1=NC2(c3cc(Br)ccc3F)CCOCC2CS1. The quantitative estimate of drug-likeness (QED) is 0.774. The highest BCUT2D eigenvalue weighted by Gasteiger charge is 2.47. The third-order valence-corrected chi connectivity index (χ3v) is 5.48. The van der Waals surface area contributed by atoms with Crippen LogP contribution in [-0.4, -0.2) is 35.3 Å². The van der Waals surface area contributed by atoms with E-state index in [1.54, 1.807) is 12.1 Å². The smallest absolute Gasteiger partial charge is 0.410 e. The van der Waals surface area contributed by atoms with E-state index in [1.165, 1.54) is 17.8 Å². The van der Waals surface area contributed by atoms with Crippen LogP contribution in [0.15, 0.2) is 27.7 Å². The van der Waals surface area contributed by atoms with Crippen molar-refractivity contribution < 1.29 is 19.0 Å². The number of aliphatic imine (C=N–C) groups is 1. The third kappa shape index (κ3) is 2.87. The summed E-state index contributed by atoms with van der Waals surface area (Å²) in [5, 5.41) is 11.5. The van der Waals surface area contributed by atoms with E-state index in [0.29, 0.717) is 36.1 Å². The molecule has 3 rings (SSSR count). The minimum atomic E-state index is -1.17. The molecule has 1 fully saturated rings. The Balaban J connectivity index is 2.10. The Morgan fingerprint density at radius 2 is 2.41 bits per heavy atom. The molecule has 0 aliphatic carbocycles. The molecule has 0 bridgehead atoms. The molecule has 0 radical (unpaired) electrons. The number of rotatable bonds is 1. The van der Waals surface area contributed by atoms with Crippen molar-refractivity contribution in [3.05, 3.63) is 34.1 Å². The number of ether oxygens (including phenoxy) is 1. The first-order valence-corrected chi connectivity index (χ1v) is 8.55. The van der Waals surface area contributed by atoms with Crippen LogP contribution in [0.2, 0.25) is 0 Å². The second kappa shape index (κ2) is 6.17. The van der Waals surface area contributed by atoms with Crippen LogP contribution < -0.4 is 5.32 Å². The number of hydrogen-bond donors (Lipinski definition) is 2. The van der Waals surface area contributed by atoms with Crippen molar-refractivity contribution in [1.82, 2.24) is 5.32 Å². The van der Waals surface area contributed by atoms with Gasteiger partial charge in [0, 0.05) is 34.7 Å². The predicted octanol–water partition coefficient (Wildman–Crippen LogP) is 3.19. The van der Waals surface area contributed by atoms with Gasteiger partial charge in [0.05, 0.1) is 12.1 Å². The number of carboxylic acid groups (broad SMARTS) is 1. The lowest BCUT2D eigenvalue weighted by molar-refractivity contribution is 0.00874. The number of amidine groups is 1. The van der Waals surface area contributed by atoms with E-state index in [2.05, 4.69) is 26.2 Å². The fourth-order valence-electron chi connectivity index (χ4n) is 2.92. The maximum absolute atomic E-state index is 14.4. The van der Waals surface area contributed by atoms with Crippen LogP contribution >= 0.6 is 27.7 Å². The molecule has 2 heterocycles. The van der Waals surface area contributed by atoms with Gasteiger partial charge in [0.25, 0.3) is 0 Å². The minimum absolute atomic E-state index is 0.00870. The minimum Gasteiger partial charge on any atom is -0.465 e. The Hall–Kier alpha value is -1.12. The van der Waals surface area contributed by atoms with Crippen LogP contribution in [0.5, 0.6) is 0 Å². The summed E-state index contributed by atoms with van der Waals surface area (Å²) in [7, 11) is 0. The number of amides is 1. The van der Waals surface area contributed by atoms with Gasteiger partial charge in [-0.3, -0.25) is 10.3 Å². The Labute approximate surface area is 139 Å². The van der Waals surface area contributed by atoms with Crippen LogP contribution in [0.3, 0.4) is 0 Å². The van der Waals surface area contributed by atoms with E-state index in [9.17, 15) is 9.18 Å².